The van der Waals surface area contributed by atoms with Crippen molar-refractivity contribution in [1.82, 2.24) is 0 Å². The average Bonchev–Trinajstić information content (AvgIpc) is 2.30. The number of benzene rings is 1. The molecule has 0 atom stereocenters. The molecule has 16 heavy (non-hydrogen) atoms. The van der Waals surface area contributed by atoms with Crippen molar-refractivity contribution in [3.05, 3.63) is 35.4 Å². The summed E-state index contributed by atoms with van der Waals surface area (Å²) in [5.74, 6) is -1.06. The molecule has 0 aromatic heterocycles. The molecule has 0 spiro atoms. The van der Waals surface area contributed by atoms with Gasteiger partial charge in [-0.15, -0.1) is 0 Å². The zero-order valence-electron chi connectivity index (χ0n) is 9.76. The van der Waals surface area contributed by atoms with Crippen LogP contribution in [0.4, 0.5) is 8.78 Å². The number of rotatable bonds is 5. The largest absolute Gasteiger partial charge is 0.396 e. The molecule has 0 fully saturated rings. The average molecular weight is 228 g/mol. The molecule has 0 aliphatic heterocycles. The lowest BCUT2D eigenvalue weighted by Crippen LogP contribution is -2.27. The number of hydrogen-bond acceptors (Lipinski definition) is 1. The Bertz CT molecular complexity index is 317. The van der Waals surface area contributed by atoms with Crippen LogP contribution >= 0.6 is 0 Å². The summed E-state index contributed by atoms with van der Waals surface area (Å²) in [5, 5.41) is 9.37. The van der Waals surface area contributed by atoms with Crippen LogP contribution in [0.2, 0.25) is 0 Å². The molecule has 1 aromatic rings. The van der Waals surface area contributed by atoms with Crippen molar-refractivity contribution in [2.24, 2.45) is 5.41 Å². The van der Waals surface area contributed by atoms with Crippen LogP contribution in [0.5, 0.6) is 0 Å². The van der Waals surface area contributed by atoms with Crippen molar-refractivity contribution in [3.8, 4) is 0 Å². The highest BCUT2D eigenvalue weighted by molar-refractivity contribution is 5.21. The first kappa shape index (κ1) is 13.1. The van der Waals surface area contributed by atoms with E-state index >= 15 is 0 Å². The Morgan fingerprint density at radius 3 is 2.00 bits per heavy atom. The molecule has 0 heterocycles. The third kappa shape index (κ3) is 2.59. The Balaban J connectivity index is 3.02. The molecular weight excluding hydrogens is 210 g/mol. The zero-order chi connectivity index (χ0) is 12.2. The van der Waals surface area contributed by atoms with Crippen molar-refractivity contribution in [1.29, 1.82) is 0 Å². The number of aliphatic hydroxyl groups is 1. The summed E-state index contributed by atoms with van der Waals surface area (Å²) in [4.78, 5) is 0. The molecule has 0 bridgehead atoms. The minimum Gasteiger partial charge on any atom is -0.396 e. The molecule has 3 heteroatoms. The van der Waals surface area contributed by atoms with Gasteiger partial charge in [0.2, 0.25) is 0 Å². The Labute approximate surface area is 95.1 Å². The Morgan fingerprint density at radius 1 is 1.12 bits per heavy atom. The van der Waals surface area contributed by atoms with Gasteiger partial charge in [-0.05, 0) is 36.8 Å². The Hall–Kier alpha value is -0.960. The minimum atomic E-state index is -0.528. The van der Waals surface area contributed by atoms with E-state index in [2.05, 4.69) is 0 Å². The molecule has 1 aromatic carbocycles. The van der Waals surface area contributed by atoms with Gasteiger partial charge >= 0.3 is 0 Å². The molecule has 0 unspecified atom stereocenters. The van der Waals surface area contributed by atoms with Gasteiger partial charge in [-0.1, -0.05) is 19.9 Å². The van der Waals surface area contributed by atoms with Crippen LogP contribution in [0.3, 0.4) is 0 Å². The summed E-state index contributed by atoms with van der Waals surface area (Å²) < 4.78 is 26.9. The zero-order valence-corrected chi connectivity index (χ0v) is 9.76. The van der Waals surface area contributed by atoms with E-state index < -0.39 is 17.0 Å². The topological polar surface area (TPSA) is 20.2 Å². The quantitative estimate of drug-likeness (QED) is 0.819. The van der Waals surface area contributed by atoms with Gasteiger partial charge in [-0.3, -0.25) is 0 Å². The fourth-order valence-corrected chi connectivity index (χ4v) is 1.86. The van der Waals surface area contributed by atoms with E-state index in [9.17, 15) is 13.9 Å². The van der Waals surface area contributed by atoms with Gasteiger partial charge in [0, 0.05) is 12.2 Å². The molecular formula is C13H18F2O. The first-order valence-electron chi connectivity index (χ1n) is 5.62. The van der Waals surface area contributed by atoms with Gasteiger partial charge in [0.1, 0.15) is 11.6 Å². The summed E-state index contributed by atoms with van der Waals surface area (Å²) in [6.07, 6.45) is 1.65. The fraction of sp³-hybridized carbons (Fsp3) is 0.538. The third-order valence-electron chi connectivity index (χ3n) is 3.45. The SMILES string of the molecule is CCC(CC)(CO)Cc1c(F)cccc1F. The number of aliphatic hydroxyl groups excluding tert-OH is 1. The monoisotopic (exact) mass is 228 g/mol. The van der Waals surface area contributed by atoms with Crippen LogP contribution in [0, 0.1) is 17.0 Å². The highest BCUT2D eigenvalue weighted by Crippen LogP contribution is 2.32. The van der Waals surface area contributed by atoms with E-state index in [4.69, 9.17) is 0 Å². The molecule has 1 N–H and O–H groups in total. The minimum absolute atomic E-state index is 0.0478. The number of halogens is 2. The lowest BCUT2D eigenvalue weighted by atomic mass is 9.77. The molecule has 0 saturated heterocycles. The Kier molecular flexibility index (Phi) is 4.42. The second-order valence-electron chi connectivity index (χ2n) is 4.24. The van der Waals surface area contributed by atoms with Gasteiger partial charge < -0.3 is 5.11 Å². The summed E-state index contributed by atoms with van der Waals surface area (Å²) in [6.45, 7) is 3.81. The van der Waals surface area contributed by atoms with Crippen LogP contribution in [0.15, 0.2) is 18.2 Å². The van der Waals surface area contributed by atoms with Gasteiger partial charge in [-0.2, -0.15) is 0 Å². The van der Waals surface area contributed by atoms with Gasteiger partial charge in [0.05, 0.1) is 0 Å². The van der Waals surface area contributed by atoms with E-state index in [1.54, 1.807) is 0 Å². The van der Waals surface area contributed by atoms with Crippen LogP contribution in [0.25, 0.3) is 0 Å². The molecule has 0 radical (unpaired) electrons. The predicted molar refractivity (Wildman–Crippen MR) is 60.2 cm³/mol. The second kappa shape index (κ2) is 5.39. The fourth-order valence-electron chi connectivity index (χ4n) is 1.86. The normalized spacial score (nSPS) is 11.8. The van der Waals surface area contributed by atoms with Crippen molar-refractivity contribution < 1.29 is 13.9 Å². The molecule has 0 aliphatic rings. The summed E-state index contributed by atoms with van der Waals surface area (Å²) >= 11 is 0. The summed E-state index contributed by atoms with van der Waals surface area (Å²) in [7, 11) is 0. The predicted octanol–water partition coefficient (Wildman–Crippen LogP) is 3.31. The van der Waals surface area contributed by atoms with Crippen LogP contribution < -0.4 is 0 Å². The smallest absolute Gasteiger partial charge is 0.129 e. The van der Waals surface area contributed by atoms with E-state index in [1.807, 2.05) is 13.8 Å². The molecule has 0 saturated carbocycles. The summed E-state index contributed by atoms with van der Waals surface area (Å²) in [6, 6.07) is 3.87. The number of hydrogen-bond donors (Lipinski definition) is 1. The van der Waals surface area contributed by atoms with E-state index in [0.717, 1.165) is 0 Å². The van der Waals surface area contributed by atoms with Gasteiger partial charge in [0.15, 0.2) is 0 Å². The first-order valence-corrected chi connectivity index (χ1v) is 5.62. The second-order valence-corrected chi connectivity index (χ2v) is 4.24. The van der Waals surface area contributed by atoms with E-state index in [0.29, 0.717) is 12.8 Å². The first-order chi connectivity index (χ1) is 7.58. The van der Waals surface area contributed by atoms with Gasteiger partial charge in [-0.25, -0.2) is 8.78 Å². The van der Waals surface area contributed by atoms with Crippen molar-refractivity contribution >= 4 is 0 Å². The van der Waals surface area contributed by atoms with Crippen LogP contribution in [-0.2, 0) is 6.42 Å². The molecule has 0 aliphatic carbocycles. The third-order valence-corrected chi connectivity index (χ3v) is 3.45. The van der Waals surface area contributed by atoms with Crippen LogP contribution in [-0.4, -0.2) is 11.7 Å². The standard InChI is InChI=1S/C13H18F2O/c1-3-13(4-2,9-16)8-10-11(14)6-5-7-12(10)15/h5-7,16H,3-4,8-9H2,1-2H3. The molecule has 0 amide bonds. The van der Waals surface area contributed by atoms with Gasteiger partial charge in [0.25, 0.3) is 0 Å². The maximum Gasteiger partial charge on any atom is 0.129 e. The Morgan fingerprint density at radius 2 is 1.62 bits per heavy atom. The summed E-state index contributed by atoms with van der Waals surface area (Å²) in [5.41, 5.74) is -0.330. The molecule has 1 nitrogen and oxygen atoms in total. The van der Waals surface area contributed by atoms with E-state index in [-0.39, 0.29) is 18.6 Å². The lowest BCUT2D eigenvalue weighted by Gasteiger charge is -2.29. The van der Waals surface area contributed by atoms with Crippen molar-refractivity contribution in [3.63, 3.8) is 0 Å². The van der Waals surface area contributed by atoms with Crippen molar-refractivity contribution in [2.45, 2.75) is 33.1 Å². The lowest BCUT2D eigenvalue weighted by molar-refractivity contribution is 0.113. The van der Waals surface area contributed by atoms with Crippen molar-refractivity contribution in [2.75, 3.05) is 6.61 Å². The van der Waals surface area contributed by atoms with E-state index in [1.165, 1.54) is 18.2 Å². The molecule has 1 rings (SSSR count). The maximum absolute atomic E-state index is 13.5. The molecule has 90 valence electrons. The van der Waals surface area contributed by atoms with Crippen LogP contribution in [0.1, 0.15) is 32.3 Å². The maximum atomic E-state index is 13.5. The highest BCUT2D eigenvalue weighted by atomic mass is 19.1. The highest BCUT2D eigenvalue weighted by Gasteiger charge is 2.28.